The zero-order valence-corrected chi connectivity index (χ0v) is 11.9. The third kappa shape index (κ3) is 2.61. The van der Waals surface area contributed by atoms with Gasteiger partial charge in [0.25, 0.3) is 5.69 Å². The Morgan fingerprint density at radius 1 is 1.45 bits per heavy atom. The molecule has 1 aliphatic carbocycles. The van der Waals surface area contributed by atoms with E-state index in [-0.39, 0.29) is 21.8 Å². The fourth-order valence-corrected chi connectivity index (χ4v) is 3.91. The van der Waals surface area contributed by atoms with Gasteiger partial charge in [0.1, 0.15) is 5.69 Å². The first-order chi connectivity index (χ1) is 9.30. The summed E-state index contributed by atoms with van der Waals surface area (Å²) in [5.41, 5.74) is 4.70. The highest BCUT2D eigenvalue weighted by atomic mass is 32.2. The number of benzene rings is 1. The fraction of sp³-hybridized carbons (Fsp3) is 0.500. The molecule has 0 aromatic heterocycles. The quantitative estimate of drug-likeness (QED) is 0.488. The van der Waals surface area contributed by atoms with Crippen LogP contribution in [0.15, 0.2) is 23.1 Å². The van der Waals surface area contributed by atoms with Crippen molar-refractivity contribution < 1.29 is 13.3 Å². The molecular weight excluding hydrogens is 282 g/mol. The van der Waals surface area contributed by atoms with Crippen LogP contribution >= 0.6 is 0 Å². The predicted octanol–water partition coefficient (Wildman–Crippen LogP) is 1.79. The molecule has 0 saturated heterocycles. The molecule has 0 bridgehead atoms. The SMILES string of the molecule is CCC1(NS(=O)(=O)c2ccc([N+](=O)[O-])c(N)c2)CCC1. The first-order valence-corrected chi connectivity index (χ1v) is 7.86. The number of nitrogens with two attached hydrogens (primary N) is 1. The van der Waals surface area contributed by atoms with E-state index in [1.165, 1.54) is 6.07 Å². The second kappa shape index (κ2) is 5.02. The van der Waals surface area contributed by atoms with Crippen LogP contribution in [0, 0.1) is 10.1 Å². The Labute approximate surface area is 117 Å². The summed E-state index contributed by atoms with van der Waals surface area (Å²) in [6.07, 6.45) is 3.34. The van der Waals surface area contributed by atoms with E-state index in [4.69, 9.17) is 5.73 Å². The Bertz CT molecular complexity index is 633. The number of hydrogen-bond acceptors (Lipinski definition) is 5. The van der Waals surface area contributed by atoms with Crippen molar-refractivity contribution in [2.24, 2.45) is 0 Å². The van der Waals surface area contributed by atoms with Crippen LogP contribution in [-0.2, 0) is 10.0 Å². The number of hydrogen-bond donors (Lipinski definition) is 2. The first-order valence-electron chi connectivity index (χ1n) is 6.37. The van der Waals surface area contributed by atoms with Gasteiger partial charge in [-0.25, -0.2) is 13.1 Å². The lowest BCUT2D eigenvalue weighted by atomic mass is 9.76. The summed E-state index contributed by atoms with van der Waals surface area (Å²) in [5.74, 6) is 0. The van der Waals surface area contributed by atoms with Gasteiger partial charge in [0.05, 0.1) is 9.82 Å². The maximum atomic E-state index is 12.3. The molecule has 3 N–H and O–H groups in total. The lowest BCUT2D eigenvalue weighted by Crippen LogP contribution is -2.52. The average molecular weight is 299 g/mol. The van der Waals surface area contributed by atoms with E-state index in [0.29, 0.717) is 6.42 Å². The Balaban J connectivity index is 2.30. The number of rotatable bonds is 5. The molecule has 0 atom stereocenters. The molecule has 20 heavy (non-hydrogen) atoms. The summed E-state index contributed by atoms with van der Waals surface area (Å²) < 4.78 is 27.3. The smallest absolute Gasteiger partial charge is 0.292 e. The van der Waals surface area contributed by atoms with E-state index in [0.717, 1.165) is 31.4 Å². The van der Waals surface area contributed by atoms with Crippen molar-refractivity contribution >= 4 is 21.4 Å². The normalized spacial score (nSPS) is 17.4. The van der Waals surface area contributed by atoms with Gasteiger partial charge in [-0.15, -0.1) is 0 Å². The number of nitro groups is 1. The molecule has 0 unspecified atom stereocenters. The van der Waals surface area contributed by atoms with Gasteiger partial charge in [-0.2, -0.15) is 0 Å². The molecule has 1 fully saturated rings. The van der Waals surface area contributed by atoms with E-state index in [2.05, 4.69) is 4.72 Å². The van der Waals surface area contributed by atoms with Crippen LogP contribution in [0.5, 0.6) is 0 Å². The summed E-state index contributed by atoms with van der Waals surface area (Å²) >= 11 is 0. The van der Waals surface area contributed by atoms with Gasteiger partial charge in [-0.05, 0) is 37.8 Å². The van der Waals surface area contributed by atoms with Gasteiger partial charge in [0.2, 0.25) is 10.0 Å². The van der Waals surface area contributed by atoms with Gasteiger partial charge in [-0.3, -0.25) is 10.1 Å². The van der Waals surface area contributed by atoms with Crippen LogP contribution in [0.3, 0.4) is 0 Å². The second-order valence-corrected chi connectivity index (χ2v) is 6.75. The van der Waals surface area contributed by atoms with Crippen molar-refractivity contribution in [3.8, 4) is 0 Å². The largest absolute Gasteiger partial charge is 0.393 e. The Morgan fingerprint density at radius 2 is 2.10 bits per heavy atom. The Morgan fingerprint density at radius 3 is 2.50 bits per heavy atom. The number of nitrogen functional groups attached to an aromatic ring is 1. The minimum Gasteiger partial charge on any atom is -0.393 e. The van der Waals surface area contributed by atoms with Crippen LogP contribution in [0.2, 0.25) is 0 Å². The Hall–Kier alpha value is -1.67. The zero-order chi connectivity index (χ0) is 15.0. The second-order valence-electron chi connectivity index (χ2n) is 5.07. The van der Waals surface area contributed by atoms with Crippen LogP contribution < -0.4 is 10.5 Å². The van der Waals surface area contributed by atoms with Crippen molar-refractivity contribution in [2.45, 2.75) is 43.0 Å². The molecule has 110 valence electrons. The van der Waals surface area contributed by atoms with E-state index in [1.807, 2.05) is 6.92 Å². The maximum absolute atomic E-state index is 12.3. The first kappa shape index (κ1) is 14.7. The number of nitrogens with one attached hydrogen (secondary N) is 1. The molecular formula is C12H17N3O4S. The molecule has 0 heterocycles. The number of nitrogens with zero attached hydrogens (tertiary/aromatic N) is 1. The Kier molecular flexibility index (Phi) is 3.70. The number of nitro benzene ring substituents is 1. The van der Waals surface area contributed by atoms with Crippen LogP contribution in [0.1, 0.15) is 32.6 Å². The van der Waals surface area contributed by atoms with E-state index < -0.39 is 14.9 Å². The highest BCUT2D eigenvalue weighted by Crippen LogP contribution is 2.36. The third-order valence-electron chi connectivity index (χ3n) is 3.84. The topological polar surface area (TPSA) is 115 Å². The van der Waals surface area contributed by atoms with Crippen molar-refractivity contribution in [1.82, 2.24) is 4.72 Å². The standard InChI is InChI=1S/C12H17N3O4S/c1-2-12(6-3-7-12)14-20(18,19)9-4-5-11(15(16)17)10(13)8-9/h4-5,8,14H,2-3,6-7,13H2,1H3. The minimum atomic E-state index is -3.71. The van der Waals surface area contributed by atoms with E-state index >= 15 is 0 Å². The molecule has 1 aromatic carbocycles. The molecule has 1 aliphatic rings. The van der Waals surface area contributed by atoms with Gasteiger partial charge < -0.3 is 5.73 Å². The van der Waals surface area contributed by atoms with E-state index in [9.17, 15) is 18.5 Å². The molecule has 2 rings (SSSR count). The summed E-state index contributed by atoms with van der Waals surface area (Å²) in [5, 5.41) is 10.7. The minimum absolute atomic E-state index is 0.0414. The van der Waals surface area contributed by atoms with Gasteiger partial charge in [-0.1, -0.05) is 6.92 Å². The van der Waals surface area contributed by atoms with Gasteiger partial charge in [0.15, 0.2) is 0 Å². The van der Waals surface area contributed by atoms with Gasteiger partial charge >= 0.3 is 0 Å². The number of anilines is 1. The van der Waals surface area contributed by atoms with E-state index in [1.54, 1.807) is 0 Å². The summed E-state index contributed by atoms with van der Waals surface area (Å²) in [7, 11) is -3.71. The predicted molar refractivity (Wildman–Crippen MR) is 74.7 cm³/mol. The molecule has 0 aliphatic heterocycles. The molecule has 0 amide bonds. The zero-order valence-electron chi connectivity index (χ0n) is 11.1. The van der Waals surface area contributed by atoms with Crippen LogP contribution in [0.4, 0.5) is 11.4 Å². The average Bonchev–Trinajstić information content (AvgIpc) is 2.33. The molecule has 1 aromatic rings. The van der Waals surface area contributed by atoms with Crippen molar-refractivity contribution in [1.29, 1.82) is 0 Å². The van der Waals surface area contributed by atoms with Crippen molar-refractivity contribution in [3.05, 3.63) is 28.3 Å². The molecule has 0 spiro atoms. The third-order valence-corrected chi connectivity index (χ3v) is 5.42. The molecule has 8 heteroatoms. The molecule has 7 nitrogen and oxygen atoms in total. The lowest BCUT2D eigenvalue weighted by molar-refractivity contribution is -0.383. The fourth-order valence-electron chi connectivity index (χ4n) is 2.34. The highest BCUT2D eigenvalue weighted by Gasteiger charge is 2.39. The van der Waals surface area contributed by atoms with Gasteiger partial charge in [0, 0.05) is 11.6 Å². The lowest BCUT2D eigenvalue weighted by Gasteiger charge is -2.41. The maximum Gasteiger partial charge on any atom is 0.292 e. The summed E-state index contributed by atoms with van der Waals surface area (Å²) in [4.78, 5) is 9.99. The number of sulfonamides is 1. The summed E-state index contributed by atoms with van der Waals surface area (Å²) in [6.45, 7) is 1.94. The van der Waals surface area contributed by atoms with Crippen LogP contribution in [-0.4, -0.2) is 18.9 Å². The van der Waals surface area contributed by atoms with Crippen molar-refractivity contribution in [3.63, 3.8) is 0 Å². The molecule has 1 saturated carbocycles. The van der Waals surface area contributed by atoms with Crippen LogP contribution in [0.25, 0.3) is 0 Å². The molecule has 0 radical (unpaired) electrons. The monoisotopic (exact) mass is 299 g/mol. The highest BCUT2D eigenvalue weighted by molar-refractivity contribution is 7.89. The summed E-state index contributed by atoms with van der Waals surface area (Å²) in [6, 6.07) is 3.45. The van der Waals surface area contributed by atoms with Crippen molar-refractivity contribution in [2.75, 3.05) is 5.73 Å².